The van der Waals surface area contributed by atoms with E-state index in [0.717, 1.165) is 11.1 Å². The molecule has 0 saturated heterocycles. The van der Waals surface area contributed by atoms with Gasteiger partial charge in [0.15, 0.2) is 11.5 Å². The van der Waals surface area contributed by atoms with E-state index in [0.29, 0.717) is 35.2 Å². The maximum atomic E-state index is 13.0. The molecular weight excluding hydrogens is 396 g/mol. The van der Waals surface area contributed by atoms with Crippen molar-refractivity contribution in [2.45, 2.75) is 18.9 Å². The van der Waals surface area contributed by atoms with Gasteiger partial charge in [-0.25, -0.2) is 4.79 Å². The Bertz CT molecular complexity index is 901. The number of ether oxygens (including phenoxy) is 3. The number of carbonyl (C=O) groups excluding carboxylic acids is 2. The van der Waals surface area contributed by atoms with Gasteiger partial charge in [-0.15, -0.1) is 0 Å². The summed E-state index contributed by atoms with van der Waals surface area (Å²) in [5, 5.41) is 3.45. The Hall–Kier alpha value is -2.93. The molecule has 0 unspecified atom stereocenters. The number of anilines is 1. The Morgan fingerprint density at radius 1 is 1.10 bits per heavy atom. The summed E-state index contributed by atoms with van der Waals surface area (Å²) in [5.41, 5.74) is 2.46. The average molecular weight is 419 g/mol. The molecule has 0 fully saturated rings. The number of urea groups is 1. The molecule has 0 aliphatic carbocycles. The standard InChI is InChI=1S/C21H23ClN2O5/c1-27-18-10-13-8-9-24(21(26)23-15-6-4-14(22)5-7-15)17(12-20(25)29-3)16(13)11-19(18)28-2/h4-7,10-11,17H,8-9,12H2,1-3H3,(H,23,26)/t17-/m1/s1. The number of nitrogens with one attached hydrogen (secondary N) is 1. The predicted molar refractivity (Wildman–Crippen MR) is 110 cm³/mol. The highest BCUT2D eigenvalue weighted by atomic mass is 35.5. The van der Waals surface area contributed by atoms with Crippen LogP contribution in [0, 0.1) is 0 Å². The van der Waals surface area contributed by atoms with E-state index in [2.05, 4.69) is 5.32 Å². The molecule has 0 aromatic heterocycles. The molecule has 0 spiro atoms. The van der Waals surface area contributed by atoms with Gasteiger partial charge in [0.25, 0.3) is 0 Å². The topological polar surface area (TPSA) is 77.1 Å². The van der Waals surface area contributed by atoms with Crippen LogP contribution in [0.15, 0.2) is 36.4 Å². The van der Waals surface area contributed by atoms with E-state index in [1.54, 1.807) is 43.4 Å². The number of fused-ring (bicyclic) bond motifs is 1. The Labute approximate surface area is 174 Å². The van der Waals surface area contributed by atoms with Crippen molar-refractivity contribution in [2.75, 3.05) is 33.2 Å². The first-order chi connectivity index (χ1) is 14.0. The molecule has 2 aromatic carbocycles. The summed E-state index contributed by atoms with van der Waals surface area (Å²) in [7, 11) is 4.46. The van der Waals surface area contributed by atoms with Crippen LogP contribution < -0.4 is 14.8 Å². The number of amides is 2. The molecular formula is C21H23ClN2O5. The highest BCUT2D eigenvalue weighted by Gasteiger charge is 2.34. The molecule has 1 aliphatic heterocycles. The number of benzene rings is 2. The summed E-state index contributed by atoms with van der Waals surface area (Å²) in [6, 6.07) is 9.77. The lowest BCUT2D eigenvalue weighted by molar-refractivity contribution is -0.141. The van der Waals surface area contributed by atoms with Crippen molar-refractivity contribution in [1.82, 2.24) is 4.90 Å². The minimum atomic E-state index is -0.488. The van der Waals surface area contributed by atoms with Crippen molar-refractivity contribution < 1.29 is 23.8 Å². The monoisotopic (exact) mass is 418 g/mol. The van der Waals surface area contributed by atoms with Crippen molar-refractivity contribution in [2.24, 2.45) is 0 Å². The summed E-state index contributed by atoms with van der Waals surface area (Å²) < 4.78 is 15.7. The third kappa shape index (κ3) is 4.56. The normalized spacial score (nSPS) is 15.3. The summed E-state index contributed by atoms with van der Waals surface area (Å²) >= 11 is 5.91. The van der Waals surface area contributed by atoms with Crippen LogP contribution >= 0.6 is 11.6 Å². The van der Waals surface area contributed by atoms with Crippen molar-refractivity contribution >= 4 is 29.3 Å². The number of rotatable bonds is 5. The molecule has 8 heteroatoms. The molecule has 29 heavy (non-hydrogen) atoms. The van der Waals surface area contributed by atoms with Gasteiger partial charge in [-0.05, 0) is 53.9 Å². The Morgan fingerprint density at radius 3 is 2.38 bits per heavy atom. The first-order valence-corrected chi connectivity index (χ1v) is 9.49. The third-order valence-corrected chi connectivity index (χ3v) is 5.20. The van der Waals surface area contributed by atoms with Gasteiger partial charge >= 0.3 is 12.0 Å². The zero-order chi connectivity index (χ0) is 21.0. The average Bonchev–Trinajstić information content (AvgIpc) is 2.74. The Kier molecular flexibility index (Phi) is 6.49. The Morgan fingerprint density at radius 2 is 1.76 bits per heavy atom. The van der Waals surface area contributed by atoms with Crippen LogP contribution in [0.5, 0.6) is 11.5 Å². The van der Waals surface area contributed by atoms with E-state index >= 15 is 0 Å². The number of methoxy groups -OCH3 is 3. The number of esters is 1. The van der Waals surface area contributed by atoms with Crippen LogP contribution in [0.3, 0.4) is 0 Å². The van der Waals surface area contributed by atoms with Gasteiger partial charge < -0.3 is 24.4 Å². The highest BCUT2D eigenvalue weighted by Crippen LogP contribution is 2.39. The van der Waals surface area contributed by atoms with Gasteiger partial charge in [-0.3, -0.25) is 4.79 Å². The van der Waals surface area contributed by atoms with Crippen molar-refractivity contribution in [3.8, 4) is 11.5 Å². The van der Waals surface area contributed by atoms with E-state index < -0.39 is 12.0 Å². The van der Waals surface area contributed by atoms with E-state index in [1.807, 2.05) is 12.1 Å². The van der Waals surface area contributed by atoms with E-state index in [4.69, 9.17) is 25.8 Å². The van der Waals surface area contributed by atoms with Gasteiger partial charge in [0.1, 0.15) is 0 Å². The second-order valence-electron chi connectivity index (χ2n) is 6.58. The smallest absolute Gasteiger partial charge is 0.322 e. The number of halogens is 1. The molecule has 0 radical (unpaired) electrons. The zero-order valence-corrected chi connectivity index (χ0v) is 17.3. The van der Waals surface area contributed by atoms with Gasteiger partial charge in [0, 0.05) is 17.3 Å². The minimum absolute atomic E-state index is 0.0347. The molecule has 0 bridgehead atoms. The molecule has 3 rings (SSSR count). The lowest BCUT2D eigenvalue weighted by Crippen LogP contribution is -2.43. The first-order valence-electron chi connectivity index (χ1n) is 9.11. The molecule has 2 amide bonds. The van der Waals surface area contributed by atoms with Crippen molar-refractivity contribution in [3.63, 3.8) is 0 Å². The fraction of sp³-hybridized carbons (Fsp3) is 0.333. The SMILES string of the molecule is COC(=O)C[C@@H]1c2cc(OC)c(OC)cc2CCN1C(=O)Nc1ccc(Cl)cc1. The van der Waals surface area contributed by atoms with Crippen LogP contribution in [-0.4, -0.2) is 44.8 Å². The lowest BCUT2D eigenvalue weighted by atomic mass is 9.90. The molecule has 2 aromatic rings. The molecule has 1 aliphatic rings. The zero-order valence-electron chi connectivity index (χ0n) is 16.5. The van der Waals surface area contributed by atoms with Crippen LogP contribution in [0.2, 0.25) is 5.02 Å². The summed E-state index contributed by atoms with van der Waals surface area (Å²) in [6.45, 7) is 0.448. The Balaban J connectivity index is 1.93. The van der Waals surface area contributed by atoms with E-state index in [-0.39, 0.29) is 12.5 Å². The first kappa shape index (κ1) is 20.8. The van der Waals surface area contributed by atoms with Crippen LogP contribution in [-0.2, 0) is 16.0 Å². The fourth-order valence-electron chi connectivity index (χ4n) is 3.46. The quantitative estimate of drug-likeness (QED) is 0.741. The molecule has 154 valence electrons. The second-order valence-corrected chi connectivity index (χ2v) is 7.02. The largest absolute Gasteiger partial charge is 0.493 e. The van der Waals surface area contributed by atoms with Gasteiger partial charge in [0.05, 0.1) is 33.8 Å². The van der Waals surface area contributed by atoms with Gasteiger partial charge in [-0.2, -0.15) is 0 Å². The summed E-state index contributed by atoms with van der Waals surface area (Å²) in [6.07, 6.45) is 0.661. The maximum Gasteiger partial charge on any atom is 0.322 e. The second kappa shape index (κ2) is 9.05. The lowest BCUT2D eigenvalue weighted by Gasteiger charge is -2.37. The van der Waals surface area contributed by atoms with Gasteiger partial charge in [-0.1, -0.05) is 11.6 Å². The minimum Gasteiger partial charge on any atom is -0.493 e. The summed E-state index contributed by atoms with van der Waals surface area (Å²) in [5.74, 6) is 0.755. The molecule has 1 atom stereocenters. The molecule has 1 N–H and O–H groups in total. The van der Waals surface area contributed by atoms with Crippen molar-refractivity contribution in [3.05, 3.63) is 52.5 Å². The summed E-state index contributed by atoms with van der Waals surface area (Å²) in [4.78, 5) is 26.7. The van der Waals surface area contributed by atoms with E-state index in [9.17, 15) is 9.59 Å². The molecule has 0 saturated carbocycles. The predicted octanol–water partition coefficient (Wildman–Crippen LogP) is 4.05. The maximum absolute atomic E-state index is 13.0. The number of nitrogens with zero attached hydrogens (tertiary/aromatic N) is 1. The van der Waals surface area contributed by atoms with Crippen LogP contribution in [0.25, 0.3) is 0 Å². The van der Waals surface area contributed by atoms with Gasteiger partial charge in [0.2, 0.25) is 0 Å². The highest BCUT2D eigenvalue weighted by molar-refractivity contribution is 6.30. The van der Waals surface area contributed by atoms with Crippen LogP contribution in [0.4, 0.5) is 10.5 Å². The third-order valence-electron chi connectivity index (χ3n) is 4.95. The molecule has 1 heterocycles. The van der Waals surface area contributed by atoms with Crippen molar-refractivity contribution in [1.29, 1.82) is 0 Å². The number of hydrogen-bond acceptors (Lipinski definition) is 5. The fourth-order valence-corrected chi connectivity index (χ4v) is 3.59. The van der Waals surface area contributed by atoms with E-state index in [1.165, 1.54) is 7.11 Å². The number of hydrogen-bond donors (Lipinski definition) is 1. The number of carbonyl (C=O) groups is 2. The van der Waals surface area contributed by atoms with Crippen LogP contribution in [0.1, 0.15) is 23.6 Å². The molecule has 7 nitrogen and oxygen atoms in total.